The Morgan fingerprint density at radius 2 is 1.93 bits per heavy atom. The fourth-order valence-electron chi connectivity index (χ4n) is 3.52. The van der Waals surface area contributed by atoms with E-state index >= 15 is 0 Å². The van der Waals surface area contributed by atoms with Gasteiger partial charge in [0.25, 0.3) is 5.91 Å². The molecule has 1 N–H and O–H groups in total. The number of rotatable bonds is 3. The van der Waals surface area contributed by atoms with E-state index in [1.165, 1.54) is 17.9 Å². The molecule has 6 nitrogen and oxygen atoms in total. The van der Waals surface area contributed by atoms with Gasteiger partial charge in [-0.1, -0.05) is 18.2 Å². The lowest BCUT2D eigenvalue weighted by atomic mass is 9.82. The highest BCUT2D eigenvalue weighted by Crippen LogP contribution is 2.36. The zero-order valence-electron chi connectivity index (χ0n) is 15.5. The average Bonchev–Trinajstić information content (AvgIpc) is 3.06. The molecule has 0 bridgehead atoms. The molecule has 1 aromatic carbocycles. The quantitative estimate of drug-likeness (QED) is 0.863. The normalized spacial score (nSPS) is 20.2. The van der Waals surface area contributed by atoms with E-state index in [4.69, 9.17) is 0 Å². The number of likely N-dealkylation sites (tertiary alicyclic amines) is 1. The topological polar surface area (TPSA) is 75.4 Å². The maximum Gasteiger partial charge on any atom is 0.434 e. The van der Waals surface area contributed by atoms with Crippen LogP contribution in [0.4, 0.5) is 13.2 Å². The molecule has 1 aliphatic heterocycles. The Morgan fingerprint density at radius 3 is 2.54 bits per heavy atom. The number of hydrogen-bond donors (Lipinski definition) is 1. The number of aryl methyl sites for hydroxylation is 1. The Morgan fingerprint density at radius 1 is 1.25 bits per heavy atom. The van der Waals surface area contributed by atoms with Crippen molar-refractivity contribution in [3.8, 4) is 5.69 Å². The highest BCUT2D eigenvalue weighted by Gasteiger charge is 2.44. The van der Waals surface area contributed by atoms with Crippen molar-refractivity contribution >= 4 is 11.9 Å². The van der Waals surface area contributed by atoms with Crippen LogP contribution in [0.15, 0.2) is 30.5 Å². The number of aliphatic carboxylic acids is 1. The smallest absolute Gasteiger partial charge is 0.434 e. The number of piperidine rings is 1. The first-order valence-electron chi connectivity index (χ1n) is 8.78. The lowest BCUT2D eigenvalue weighted by Gasteiger charge is -2.37. The van der Waals surface area contributed by atoms with Crippen LogP contribution in [0.1, 0.15) is 41.4 Å². The van der Waals surface area contributed by atoms with Gasteiger partial charge in [-0.05, 0) is 38.3 Å². The molecule has 3 rings (SSSR count). The molecule has 2 aromatic rings. The number of nitrogens with zero attached hydrogens (tertiary/aromatic N) is 3. The minimum absolute atomic E-state index is 0.145. The molecule has 1 unspecified atom stereocenters. The molecule has 9 heteroatoms. The zero-order valence-corrected chi connectivity index (χ0v) is 15.5. The van der Waals surface area contributed by atoms with Crippen molar-refractivity contribution in [2.45, 2.75) is 32.9 Å². The minimum Gasteiger partial charge on any atom is -0.481 e. The van der Waals surface area contributed by atoms with Gasteiger partial charge in [0.15, 0.2) is 5.69 Å². The second-order valence-electron chi connectivity index (χ2n) is 7.30. The molecule has 1 atom stereocenters. The molecule has 1 aliphatic rings. The van der Waals surface area contributed by atoms with Crippen LogP contribution in [0.25, 0.3) is 5.69 Å². The van der Waals surface area contributed by atoms with Crippen molar-refractivity contribution in [3.63, 3.8) is 0 Å². The number of carboxylic acid groups (broad SMARTS) is 1. The van der Waals surface area contributed by atoms with Gasteiger partial charge in [-0.3, -0.25) is 9.59 Å². The molecule has 2 heterocycles. The fraction of sp³-hybridized carbons (Fsp3) is 0.421. The summed E-state index contributed by atoms with van der Waals surface area (Å²) in [5, 5.41) is 13.2. The van der Waals surface area contributed by atoms with Gasteiger partial charge in [0.05, 0.1) is 22.9 Å². The maximum absolute atomic E-state index is 13.8. The number of alkyl halides is 3. The Bertz CT molecular complexity index is 923. The van der Waals surface area contributed by atoms with E-state index < -0.39 is 34.7 Å². The van der Waals surface area contributed by atoms with E-state index in [1.54, 1.807) is 25.1 Å². The van der Waals surface area contributed by atoms with Crippen molar-refractivity contribution in [1.29, 1.82) is 0 Å². The second kappa shape index (κ2) is 6.96. The standard InChI is InChI=1S/C19H20F3N3O3/c1-12-6-3-4-7-14(12)25-15(19(20,21)22)13(10-23-25)16(26)24-9-5-8-18(2,11-24)17(27)28/h3-4,6-7,10H,5,8-9,11H2,1-2H3,(H,27,28). The molecule has 150 valence electrons. The monoisotopic (exact) mass is 395 g/mol. The first-order valence-corrected chi connectivity index (χ1v) is 8.78. The van der Waals surface area contributed by atoms with Crippen molar-refractivity contribution in [2.24, 2.45) is 5.41 Å². The van der Waals surface area contributed by atoms with Crippen molar-refractivity contribution in [1.82, 2.24) is 14.7 Å². The highest BCUT2D eigenvalue weighted by molar-refractivity contribution is 5.96. The van der Waals surface area contributed by atoms with Crippen LogP contribution >= 0.6 is 0 Å². The van der Waals surface area contributed by atoms with Crippen LogP contribution in [0.2, 0.25) is 0 Å². The lowest BCUT2D eigenvalue weighted by molar-refractivity contribution is -0.150. The largest absolute Gasteiger partial charge is 0.481 e. The van der Waals surface area contributed by atoms with Crippen LogP contribution < -0.4 is 0 Å². The number of carboxylic acids is 1. The molecule has 1 saturated heterocycles. The lowest BCUT2D eigenvalue weighted by Crippen LogP contribution is -2.48. The molecule has 0 radical (unpaired) electrons. The molecule has 1 fully saturated rings. The van der Waals surface area contributed by atoms with Crippen molar-refractivity contribution in [3.05, 3.63) is 47.3 Å². The number of para-hydroxylation sites is 1. The fourth-order valence-corrected chi connectivity index (χ4v) is 3.52. The third kappa shape index (κ3) is 3.48. The van der Waals surface area contributed by atoms with Crippen molar-refractivity contribution in [2.75, 3.05) is 13.1 Å². The summed E-state index contributed by atoms with van der Waals surface area (Å²) >= 11 is 0. The van der Waals surface area contributed by atoms with E-state index in [2.05, 4.69) is 5.10 Å². The maximum atomic E-state index is 13.8. The van der Waals surface area contributed by atoms with Gasteiger partial charge in [0.1, 0.15) is 0 Å². The Hall–Kier alpha value is -2.84. The predicted octanol–water partition coefficient (Wildman–Crippen LogP) is 3.53. The summed E-state index contributed by atoms with van der Waals surface area (Å²) in [6.07, 6.45) is -3.14. The van der Waals surface area contributed by atoms with E-state index in [1.807, 2.05) is 0 Å². The Balaban J connectivity index is 2.04. The van der Waals surface area contributed by atoms with Gasteiger partial charge < -0.3 is 10.0 Å². The third-order valence-electron chi connectivity index (χ3n) is 5.11. The van der Waals surface area contributed by atoms with Gasteiger partial charge in [0, 0.05) is 13.1 Å². The molecular formula is C19H20F3N3O3. The number of carbonyl (C=O) groups is 2. The Kier molecular flexibility index (Phi) is 4.95. The SMILES string of the molecule is Cc1ccccc1-n1ncc(C(=O)N2CCCC(C)(C(=O)O)C2)c1C(F)(F)F. The molecule has 0 saturated carbocycles. The van der Waals surface area contributed by atoms with Crippen LogP contribution in [-0.4, -0.2) is 44.8 Å². The van der Waals surface area contributed by atoms with Gasteiger partial charge in [0.2, 0.25) is 0 Å². The highest BCUT2D eigenvalue weighted by atomic mass is 19.4. The summed E-state index contributed by atoms with van der Waals surface area (Å²) in [7, 11) is 0. The van der Waals surface area contributed by atoms with Crippen LogP contribution in [0.5, 0.6) is 0 Å². The number of hydrogen-bond acceptors (Lipinski definition) is 3. The van der Waals surface area contributed by atoms with Gasteiger partial charge in [-0.15, -0.1) is 0 Å². The number of aromatic nitrogens is 2. The van der Waals surface area contributed by atoms with Crippen LogP contribution in [0.3, 0.4) is 0 Å². The number of benzene rings is 1. The molecule has 28 heavy (non-hydrogen) atoms. The summed E-state index contributed by atoms with van der Waals surface area (Å²) in [6.45, 7) is 3.21. The van der Waals surface area contributed by atoms with E-state index in [0.717, 1.165) is 10.9 Å². The number of amides is 1. The van der Waals surface area contributed by atoms with Gasteiger partial charge >= 0.3 is 12.1 Å². The number of halogens is 3. The molecular weight excluding hydrogens is 375 g/mol. The first-order chi connectivity index (χ1) is 13.0. The third-order valence-corrected chi connectivity index (χ3v) is 5.11. The van der Waals surface area contributed by atoms with Gasteiger partial charge in [-0.25, -0.2) is 4.68 Å². The molecule has 1 aromatic heterocycles. The summed E-state index contributed by atoms with van der Waals surface area (Å²) < 4.78 is 42.3. The molecule has 0 spiro atoms. The molecule has 0 aliphatic carbocycles. The second-order valence-corrected chi connectivity index (χ2v) is 7.30. The number of carbonyl (C=O) groups excluding carboxylic acids is 1. The van der Waals surface area contributed by atoms with Gasteiger partial charge in [-0.2, -0.15) is 18.3 Å². The Labute approximate surface area is 159 Å². The summed E-state index contributed by atoms with van der Waals surface area (Å²) in [5.41, 5.74) is -2.12. The first kappa shape index (κ1) is 19.9. The van der Waals surface area contributed by atoms with E-state index in [9.17, 15) is 27.9 Å². The van der Waals surface area contributed by atoms with E-state index in [0.29, 0.717) is 18.4 Å². The summed E-state index contributed by atoms with van der Waals surface area (Å²) in [6, 6.07) is 6.44. The zero-order chi connectivity index (χ0) is 20.7. The predicted molar refractivity (Wildman–Crippen MR) is 94.2 cm³/mol. The summed E-state index contributed by atoms with van der Waals surface area (Å²) in [4.78, 5) is 25.6. The van der Waals surface area contributed by atoms with Crippen molar-refractivity contribution < 1.29 is 27.9 Å². The molecule has 1 amide bonds. The van der Waals surface area contributed by atoms with Crippen LogP contribution in [-0.2, 0) is 11.0 Å². The minimum atomic E-state index is -4.81. The van der Waals surface area contributed by atoms with Crippen LogP contribution in [0, 0.1) is 12.3 Å². The summed E-state index contributed by atoms with van der Waals surface area (Å²) in [5.74, 6) is -1.93. The average molecular weight is 395 g/mol. The van der Waals surface area contributed by atoms with E-state index in [-0.39, 0.29) is 18.8 Å².